The molecule has 12 heavy (non-hydrogen) atoms. The van der Waals surface area contributed by atoms with E-state index in [0.29, 0.717) is 6.61 Å². The van der Waals surface area contributed by atoms with Gasteiger partial charge in [0.25, 0.3) is 0 Å². The molecule has 1 saturated heterocycles. The summed E-state index contributed by atoms with van der Waals surface area (Å²) in [5.74, 6) is -0.564. The van der Waals surface area contributed by atoms with Crippen LogP contribution in [0.3, 0.4) is 0 Å². The van der Waals surface area contributed by atoms with Gasteiger partial charge in [-0.3, -0.25) is 0 Å². The lowest BCUT2D eigenvalue weighted by Crippen LogP contribution is -2.31. The molecule has 0 aromatic carbocycles. The molecule has 0 bridgehead atoms. The van der Waals surface area contributed by atoms with E-state index in [0.717, 1.165) is 19.4 Å². The molecule has 4 heteroatoms. The minimum Gasteiger partial charge on any atom is -0.458 e. The zero-order chi connectivity index (χ0) is 8.97. The van der Waals surface area contributed by atoms with Gasteiger partial charge in [-0.2, -0.15) is 0 Å². The van der Waals surface area contributed by atoms with Crippen LogP contribution in [0.5, 0.6) is 0 Å². The first kappa shape index (κ1) is 9.48. The monoisotopic (exact) mass is 174 g/mol. The number of aliphatic hydroxyl groups excluding tert-OH is 1. The number of aliphatic hydroxyl groups is 1. The van der Waals surface area contributed by atoms with Gasteiger partial charge in [0.15, 0.2) is 0 Å². The van der Waals surface area contributed by atoms with E-state index in [1.54, 1.807) is 0 Å². The van der Waals surface area contributed by atoms with Crippen molar-refractivity contribution >= 4 is 5.97 Å². The molecule has 1 heterocycles. The number of carbonyl (C=O) groups is 1. The first-order valence-corrected chi connectivity index (χ1v) is 4.16. The molecule has 1 rings (SSSR count). The van der Waals surface area contributed by atoms with E-state index in [-0.39, 0.29) is 6.10 Å². The van der Waals surface area contributed by atoms with Gasteiger partial charge in [-0.25, -0.2) is 4.79 Å². The van der Waals surface area contributed by atoms with Gasteiger partial charge >= 0.3 is 5.97 Å². The molecule has 0 saturated carbocycles. The molecular weight excluding hydrogens is 160 g/mol. The predicted octanol–water partition coefficient (Wildman–Crippen LogP) is 0.0894. The molecule has 70 valence electrons. The van der Waals surface area contributed by atoms with Gasteiger partial charge in [0.1, 0.15) is 12.2 Å². The average molecular weight is 174 g/mol. The molecular formula is C8H14O4. The zero-order valence-corrected chi connectivity index (χ0v) is 7.16. The van der Waals surface area contributed by atoms with Crippen LogP contribution in [0.2, 0.25) is 0 Å². The van der Waals surface area contributed by atoms with Gasteiger partial charge in [0.05, 0.1) is 6.61 Å². The fraction of sp³-hybridized carbons (Fsp3) is 0.875. The van der Waals surface area contributed by atoms with Crippen molar-refractivity contribution in [2.75, 3.05) is 13.2 Å². The maximum atomic E-state index is 10.9. The summed E-state index contributed by atoms with van der Waals surface area (Å²) in [5, 5.41) is 8.84. The van der Waals surface area contributed by atoms with Crippen molar-refractivity contribution in [3.63, 3.8) is 0 Å². The van der Waals surface area contributed by atoms with Crippen LogP contribution in [0, 0.1) is 0 Å². The third-order valence-electron chi connectivity index (χ3n) is 1.74. The number of ether oxygens (including phenoxy) is 2. The van der Waals surface area contributed by atoms with Crippen molar-refractivity contribution in [1.29, 1.82) is 0 Å². The molecule has 0 spiro atoms. The molecule has 1 aliphatic rings. The molecule has 1 fully saturated rings. The Morgan fingerprint density at radius 2 is 2.50 bits per heavy atom. The second-order valence-corrected chi connectivity index (χ2v) is 2.95. The Bertz CT molecular complexity index is 149. The van der Waals surface area contributed by atoms with Gasteiger partial charge in [-0.1, -0.05) is 0 Å². The minimum absolute atomic E-state index is 0.166. The van der Waals surface area contributed by atoms with E-state index in [9.17, 15) is 4.79 Å². The largest absolute Gasteiger partial charge is 0.458 e. The number of hydrogen-bond donors (Lipinski definition) is 1. The summed E-state index contributed by atoms with van der Waals surface area (Å²) in [5.41, 5.74) is 0. The summed E-state index contributed by atoms with van der Waals surface area (Å²) in [6.45, 7) is 2.59. The fourth-order valence-electron chi connectivity index (χ4n) is 1.07. The van der Waals surface area contributed by atoms with Gasteiger partial charge in [-0.05, 0) is 19.8 Å². The van der Waals surface area contributed by atoms with Gasteiger partial charge in [-0.15, -0.1) is 0 Å². The average Bonchev–Trinajstić information content (AvgIpc) is 2.06. The molecule has 0 aromatic heterocycles. The van der Waals surface area contributed by atoms with E-state index in [1.165, 1.54) is 6.92 Å². The van der Waals surface area contributed by atoms with Crippen molar-refractivity contribution in [2.24, 2.45) is 0 Å². The van der Waals surface area contributed by atoms with E-state index >= 15 is 0 Å². The van der Waals surface area contributed by atoms with E-state index in [1.807, 2.05) is 0 Å². The summed E-state index contributed by atoms with van der Waals surface area (Å²) in [7, 11) is 0. The molecule has 0 aliphatic carbocycles. The smallest absolute Gasteiger partial charge is 0.335 e. The summed E-state index contributed by atoms with van der Waals surface area (Å²) < 4.78 is 10.0. The zero-order valence-electron chi connectivity index (χ0n) is 7.16. The summed E-state index contributed by atoms with van der Waals surface area (Å²) in [6.07, 6.45) is 0.545. The highest BCUT2D eigenvalue weighted by atomic mass is 16.6. The summed E-state index contributed by atoms with van der Waals surface area (Å²) in [4.78, 5) is 10.9. The predicted molar refractivity (Wildman–Crippen MR) is 41.6 cm³/mol. The molecule has 1 N–H and O–H groups in total. The summed E-state index contributed by atoms with van der Waals surface area (Å²) >= 11 is 0. The second-order valence-electron chi connectivity index (χ2n) is 2.95. The fourth-order valence-corrected chi connectivity index (χ4v) is 1.07. The lowest BCUT2D eigenvalue weighted by Gasteiger charge is -2.22. The number of esters is 1. The maximum absolute atomic E-state index is 10.9. The molecule has 0 amide bonds. The standard InChI is InChI=1S/C8H14O4/c1-6(9)8(10)12-7-3-2-4-11-5-7/h6-7,9H,2-5H2,1H3/t6-,7?/m1/s1. The highest BCUT2D eigenvalue weighted by Gasteiger charge is 2.20. The maximum Gasteiger partial charge on any atom is 0.335 e. The summed E-state index contributed by atoms with van der Waals surface area (Å²) in [6, 6.07) is 0. The molecule has 1 aliphatic heterocycles. The third kappa shape index (κ3) is 2.79. The Kier molecular flexibility index (Phi) is 3.49. The van der Waals surface area contributed by atoms with Crippen molar-refractivity contribution in [2.45, 2.75) is 32.0 Å². The van der Waals surface area contributed by atoms with Crippen LogP contribution >= 0.6 is 0 Å². The second kappa shape index (κ2) is 4.42. The quantitative estimate of drug-likeness (QED) is 0.603. The molecule has 0 aromatic rings. The topological polar surface area (TPSA) is 55.8 Å². The van der Waals surface area contributed by atoms with Crippen molar-refractivity contribution < 1.29 is 19.4 Å². The Balaban J connectivity index is 2.24. The Hall–Kier alpha value is -0.610. The molecule has 1 unspecified atom stereocenters. The van der Waals surface area contributed by atoms with E-state index in [2.05, 4.69) is 0 Å². The highest BCUT2D eigenvalue weighted by molar-refractivity contribution is 5.73. The van der Waals surface area contributed by atoms with E-state index < -0.39 is 12.1 Å². The van der Waals surface area contributed by atoms with Gasteiger partial charge in [0, 0.05) is 6.61 Å². The first-order valence-electron chi connectivity index (χ1n) is 4.16. The number of hydrogen-bond acceptors (Lipinski definition) is 4. The minimum atomic E-state index is -1.04. The first-order chi connectivity index (χ1) is 5.70. The van der Waals surface area contributed by atoms with Crippen LogP contribution in [0.1, 0.15) is 19.8 Å². The lowest BCUT2D eigenvalue weighted by molar-refractivity contribution is -0.164. The van der Waals surface area contributed by atoms with Crippen molar-refractivity contribution in [3.05, 3.63) is 0 Å². The van der Waals surface area contributed by atoms with E-state index in [4.69, 9.17) is 14.6 Å². The van der Waals surface area contributed by atoms with Crippen LogP contribution in [-0.4, -0.2) is 36.5 Å². The Morgan fingerprint density at radius 1 is 1.75 bits per heavy atom. The van der Waals surface area contributed by atoms with Crippen LogP contribution in [-0.2, 0) is 14.3 Å². The number of rotatable bonds is 2. The Morgan fingerprint density at radius 3 is 3.00 bits per heavy atom. The lowest BCUT2D eigenvalue weighted by atomic mass is 10.2. The van der Waals surface area contributed by atoms with Crippen LogP contribution in [0.25, 0.3) is 0 Å². The SMILES string of the molecule is C[C@@H](O)C(=O)OC1CCCOC1. The number of carbonyl (C=O) groups excluding carboxylic acids is 1. The van der Waals surface area contributed by atoms with Gasteiger partial charge < -0.3 is 14.6 Å². The highest BCUT2D eigenvalue weighted by Crippen LogP contribution is 2.10. The van der Waals surface area contributed by atoms with Crippen LogP contribution in [0.15, 0.2) is 0 Å². The van der Waals surface area contributed by atoms with Crippen LogP contribution in [0.4, 0.5) is 0 Å². The van der Waals surface area contributed by atoms with Crippen molar-refractivity contribution in [1.82, 2.24) is 0 Å². The Labute approximate surface area is 71.5 Å². The van der Waals surface area contributed by atoms with Crippen LogP contribution < -0.4 is 0 Å². The van der Waals surface area contributed by atoms with Crippen molar-refractivity contribution in [3.8, 4) is 0 Å². The van der Waals surface area contributed by atoms with Gasteiger partial charge in [0.2, 0.25) is 0 Å². The third-order valence-corrected chi connectivity index (χ3v) is 1.74. The molecule has 2 atom stereocenters. The molecule has 0 radical (unpaired) electrons. The normalized spacial score (nSPS) is 26.3. The molecule has 4 nitrogen and oxygen atoms in total.